The summed E-state index contributed by atoms with van der Waals surface area (Å²) in [4.78, 5) is 24.1. The number of carbonyl (C=O) groups excluding carboxylic acids is 2. The summed E-state index contributed by atoms with van der Waals surface area (Å²) in [5.74, 6) is -0.765. The third-order valence-corrected chi connectivity index (χ3v) is 2.41. The largest absolute Gasteiger partial charge is 0.465 e. The van der Waals surface area contributed by atoms with Crippen LogP contribution in [0.25, 0.3) is 0 Å². The fourth-order valence-electron chi connectivity index (χ4n) is 1.49. The number of hydrogen-bond acceptors (Lipinski definition) is 4. The van der Waals surface area contributed by atoms with Gasteiger partial charge in [-0.2, -0.15) is 0 Å². The van der Waals surface area contributed by atoms with Gasteiger partial charge in [0.1, 0.15) is 0 Å². The van der Waals surface area contributed by atoms with Gasteiger partial charge in [-0.3, -0.25) is 4.79 Å². The number of ether oxygens (including phenoxy) is 1. The van der Waals surface area contributed by atoms with Crippen molar-refractivity contribution < 1.29 is 14.3 Å². The highest BCUT2D eigenvalue weighted by molar-refractivity contribution is 5.95. The van der Waals surface area contributed by atoms with Crippen molar-refractivity contribution in [3.05, 3.63) is 29.8 Å². The Hall–Kier alpha value is -2.04. The van der Waals surface area contributed by atoms with E-state index in [-0.39, 0.29) is 12.3 Å². The van der Waals surface area contributed by atoms with Gasteiger partial charge < -0.3 is 15.4 Å². The van der Waals surface area contributed by atoms with Crippen molar-refractivity contribution in [1.29, 1.82) is 0 Å². The van der Waals surface area contributed by atoms with Crippen LogP contribution in [-0.2, 0) is 9.53 Å². The lowest BCUT2D eigenvalue weighted by molar-refractivity contribution is -0.117. The highest BCUT2D eigenvalue weighted by atomic mass is 16.5. The van der Waals surface area contributed by atoms with Crippen molar-refractivity contribution in [2.75, 3.05) is 25.6 Å². The van der Waals surface area contributed by atoms with Gasteiger partial charge in [-0.15, -0.1) is 0 Å². The topological polar surface area (TPSA) is 72.6 Å². The van der Waals surface area contributed by atoms with Gasteiger partial charge in [0.25, 0.3) is 0 Å². The number of anilines is 1. The first kappa shape index (κ1) is 13.0. The molecule has 0 radical (unpaired) electrons. The standard InChI is InChI=1S/C12H16N2O3/c1-14(8-7-11(13)15)10-6-4-3-5-9(10)12(16)17-2/h3-6H,7-8H2,1-2H3,(H2,13,15). The number of nitrogens with two attached hydrogens (primary N) is 1. The molecule has 5 heteroatoms. The monoisotopic (exact) mass is 236 g/mol. The summed E-state index contributed by atoms with van der Waals surface area (Å²) < 4.78 is 4.70. The van der Waals surface area contributed by atoms with Crippen LogP contribution in [0.1, 0.15) is 16.8 Å². The van der Waals surface area contributed by atoms with Gasteiger partial charge in [-0.05, 0) is 12.1 Å². The summed E-state index contributed by atoms with van der Waals surface area (Å²) in [6, 6.07) is 7.06. The number of nitrogens with zero attached hydrogens (tertiary/aromatic N) is 1. The van der Waals surface area contributed by atoms with Gasteiger partial charge >= 0.3 is 5.97 Å². The minimum Gasteiger partial charge on any atom is -0.465 e. The lowest BCUT2D eigenvalue weighted by Gasteiger charge is -2.20. The maximum atomic E-state index is 11.5. The molecule has 0 saturated carbocycles. The van der Waals surface area contributed by atoms with Crippen LogP contribution in [0.5, 0.6) is 0 Å². The highest BCUT2D eigenvalue weighted by Crippen LogP contribution is 2.19. The minimum absolute atomic E-state index is 0.242. The molecule has 0 aromatic heterocycles. The quantitative estimate of drug-likeness (QED) is 0.767. The first-order valence-electron chi connectivity index (χ1n) is 5.23. The molecule has 0 bridgehead atoms. The van der Waals surface area contributed by atoms with Crippen molar-refractivity contribution in [3.63, 3.8) is 0 Å². The van der Waals surface area contributed by atoms with Crippen LogP contribution < -0.4 is 10.6 Å². The Morgan fingerprint density at radius 3 is 2.59 bits per heavy atom. The molecule has 0 aliphatic rings. The van der Waals surface area contributed by atoms with Crippen molar-refractivity contribution in [3.8, 4) is 0 Å². The third-order valence-electron chi connectivity index (χ3n) is 2.41. The second-order valence-corrected chi connectivity index (χ2v) is 3.65. The van der Waals surface area contributed by atoms with Crippen LogP contribution in [0.15, 0.2) is 24.3 Å². The lowest BCUT2D eigenvalue weighted by Crippen LogP contribution is -2.25. The van der Waals surface area contributed by atoms with Gasteiger partial charge in [0.15, 0.2) is 0 Å². The van der Waals surface area contributed by atoms with Gasteiger partial charge in [0.2, 0.25) is 5.91 Å². The van der Waals surface area contributed by atoms with Crippen LogP contribution in [0, 0.1) is 0 Å². The number of benzene rings is 1. The summed E-state index contributed by atoms with van der Waals surface area (Å²) in [5.41, 5.74) is 6.28. The van der Waals surface area contributed by atoms with E-state index in [4.69, 9.17) is 10.5 Å². The summed E-state index contributed by atoms with van der Waals surface area (Å²) in [6.45, 7) is 0.462. The lowest BCUT2D eigenvalue weighted by atomic mass is 10.1. The maximum Gasteiger partial charge on any atom is 0.339 e. The first-order chi connectivity index (χ1) is 8.06. The second-order valence-electron chi connectivity index (χ2n) is 3.65. The molecule has 1 aromatic rings. The molecule has 0 aliphatic carbocycles. The number of primary amides is 1. The van der Waals surface area contributed by atoms with Crippen LogP contribution in [0.2, 0.25) is 0 Å². The molecule has 17 heavy (non-hydrogen) atoms. The van der Waals surface area contributed by atoms with E-state index in [2.05, 4.69) is 0 Å². The van der Waals surface area contributed by atoms with Crippen molar-refractivity contribution in [2.24, 2.45) is 5.73 Å². The van der Waals surface area contributed by atoms with Gasteiger partial charge in [0, 0.05) is 20.0 Å². The molecule has 0 atom stereocenters. The molecule has 1 aromatic carbocycles. The molecule has 92 valence electrons. The molecular weight excluding hydrogens is 220 g/mol. The molecule has 2 N–H and O–H groups in total. The van der Waals surface area contributed by atoms with E-state index in [1.54, 1.807) is 30.1 Å². The zero-order chi connectivity index (χ0) is 12.8. The summed E-state index contributed by atoms with van der Waals surface area (Å²) in [6.07, 6.45) is 0.242. The number of carbonyl (C=O) groups is 2. The Kier molecular flexibility index (Phi) is 4.51. The third kappa shape index (κ3) is 3.48. The fraction of sp³-hybridized carbons (Fsp3) is 0.333. The van der Waals surface area contributed by atoms with E-state index >= 15 is 0 Å². The predicted molar refractivity (Wildman–Crippen MR) is 64.9 cm³/mol. The van der Waals surface area contributed by atoms with E-state index in [9.17, 15) is 9.59 Å². The number of rotatable bonds is 5. The van der Waals surface area contributed by atoms with E-state index in [1.807, 2.05) is 6.07 Å². The Morgan fingerprint density at radius 1 is 1.35 bits per heavy atom. The minimum atomic E-state index is -0.397. The zero-order valence-corrected chi connectivity index (χ0v) is 9.97. The van der Waals surface area contributed by atoms with E-state index in [1.165, 1.54) is 7.11 Å². The molecule has 5 nitrogen and oxygen atoms in total. The number of esters is 1. The Bertz CT molecular complexity index is 418. The van der Waals surface area contributed by atoms with E-state index < -0.39 is 5.97 Å². The van der Waals surface area contributed by atoms with Gasteiger partial charge in [-0.25, -0.2) is 4.79 Å². The molecule has 0 fully saturated rings. The Morgan fingerprint density at radius 2 is 2.00 bits per heavy atom. The van der Waals surface area contributed by atoms with Crippen LogP contribution in [-0.4, -0.2) is 32.6 Å². The maximum absolute atomic E-state index is 11.5. The van der Waals surface area contributed by atoms with Crippen LogP contribution in [0.3, 0.4) is 0 Å². The number of hydrogen-bond donors (Lipinski definition) is 1. The zero-order valence-electron chi connectivity index (χ0n) is 9.97. The number of para-hydroxylation sites is 1. The molecule has 0 heterocycles. The SMILES string of the molecule is COC(=O)c1ccccc1N(C)CCC(N)=O. The first-order valence-corrected chi connectivity index (χ1v) is 5.23. The normalized spacial score (nSPS) is 9.76. The molecule has 1 rings (SSSR count). The van der Waals surface area contributed by atoms with Gasteiger partial charge in [-0.1, -0.05) is 12.1 Å². The summed E-state index contributed by atoms with van der Waals surface area (Å²) >= 11 is 0. The Labute approximate surface area is 100 Å². The van der Waals surface area contributed by atoms with Crippen LogP contribution >= 0.6 is 0 Å². The van der Waals surface area contributed by atoms with Crippen molar-refractivity contribution in [2.45, 2.75) is 6.42 Å². The van der Waals surface area contributed by atoms with Crippen molar-refractivity contribution in [1.82, 2.24) is 0 Å². The average molecular weight is 236 g/mol. The molecule has 0 saturated heterocycles. The summed E-state index contributed by atoms with van der Waals surface area (Å²) in [7, 11) is 3.13. The molecular formula is C12H16N2O3. The fourth-order valence-corrected chi connectivity index (χ4v) is 1.49. The molecule has 0 aliphatic heterocycles. The second kappa shape index (κ2) is 5.89. The highest BCUT2D eigenvalue weighted by Gasteiger charge is 2.14. The molecule has 0 unspecified atom stereocenters. The molecule has 1 amide bonds. The summed E-state index contributed by atoms with van der Waals surface area (Å²) in [5, 5.41) is 0. The van der Waals surface area contributed by atoms with Gasteiger partial charge in [0.05, 0.1) is 18.4 Å². The van der Waals surface area contributed by atoms with E-state index in [0.717, 1.165) is 5.69 Å². The molecule has 0 spiro atoms. The van der Waals surface area contributed by atoms with Crippen molar-refractivity contribution >= 4 is 17.6 Å². The Balaban J connectivity index is 2.88. The van der Waals surface area contributed by atoms with E-state index in [0.29, 0.717) is 12.1 Å². The smallest absolute Gasteiger partial charge is 0.339 e. The number of amides is 1. The van der Waals surface area contributed by atoms with Crippen LogP contribution in [0.4, 0.5) is 5.69 Å². The average Bonchev–Trinajstić information content (AvgIpc) is 2.34. The number of methoxy groups -OCH3 is 1. The predicted octanol–water partition coefficient (Wildman–Crippen LogP) is 0.785.